The highest BCUT2D eigenvalue weighted by Crippen LogP contribution is 2.31. The molecule has 1 aliphatic heterocycles. The topological polar surface area (TPSA) is 61.4 Å². The molecule has 1 saturated heterocycles. The van der Waals surface area contributed by atoms with E-state index in [-0.39, 0.29) is 18.0 Å². The summed E-state index contributed by atoms with van der Waals surface area (Å²) in [5.41, 5.74) is 0.425. The number of piperazine rings is 1. The van der Waals surface area contributed by atoms with Crippen molar-refractivity contribution in [3.05, 3.63) is 45.7 Å². The predicted octanol–water partition coefficient (Wildman–Crippen LogP) is 4.82. The van der Waals surface area contributed by atoms with E-state index in [1.165, 1.54) is 0 Å². The molecular formula is C18H20Cl3N5O. The predicted molar refractivity (Wildman–Crippen MR) is 110 cm³/mol. The van der Waals surface area contributed by atoms with Gasteiger partial charge in [0.15, 0.2) is 0 Å². The van der Waals surface area contributed by atoms with Crippen molar-refractivity contribution >= 4 is 52.5 Å². The lowest BCUT2D eigenvalue weighted by atomic mass is 10.00. The maximum atomic E-state index is 12.9. The van der Waals surface area contributed by atoms with E-state index >= 15 is 0 Å². The highest BCUT2D eigenvalue weighted by atomic mass is 35.5. The fraction of sp³-hybridized carbons (Fsp3) is 0.389. The molecule has 1 aromatic carbocycles. The van der Waals surface area contributed by atoms with Gasteiger partial charge in [0.25, 0.3) is 0 Å². The molecule has 2 amide bonds. The van der Waals surface area contributed by atoms with Crippen molar-refractivity contribution in [3.8, 4) is 0 Å². The molecule has 0 radical (unpaired) electrons. The number of halogens is 3. The lowest BCUT2D eigenvalue weighted by Crippen LogP contribution is -2.58. The molecule has 0 aliphatic carbocycles. The summed E-state index contributed by atoms with van der Waals surface area (Å²) >= 11 is 18.3. The van der Waals surface area contributed by atoms with Crippen LogP contribution < -0.4 is 10.2 Å². The number of rotatable bonds is 3. The van der Waals surface area contributed by atoms with E-state index in [0.717, 1.165) is 0 Å². The number of anilines is 2. The fourth-order valence-corrected chi connectivity index (χ4v) is 3.71. The molecule has 1 aromatic heterocycles. The number of amides is 2. The van der Waals surface area contributed by atoms with Gasteiger partial charge in [-0.2, -0.15) is 0 Å². The highest BCUT2D eigenvalue weighted by Gasteiger charge is 2.33. The quantitative estimate of drug-likeness (QED) is 0.712. The molecule has 0 saturated carbocycles. The second-order valence-corrected chi connectivity index (χ2v) is 7.86. The number of para-hydroxylation sites is 1. The number of hydrogen-bond donors (Lipinski definition) is 1. The van der Waals surface area contributed by atoms with Crippen LogP contribution in [0.4, 0.5) is 16.4 Å². The van der Waals surface area contributed by atoms with E-state index < -0.39 is 0 Å². The summed E-state index contributed by atoms with van der Waals surface area (Å²) in [7, 11) is 0. The third kappa shape index (κ3) is 4.57. The average molecular weight is 429 g/mol. The Balaban J connectivity index is 1.77. The molecular weight excluding hydrogens is 409 g/mol. The molecule has 144 valence electrons. The SMILES string of the molecule is CC(C)C1CN(c2nccc(Cl)n2)CCN1C(=O)Nc1c(Cl)cccc1Cl. The Morgan fingerprint density at radius 2 is 1.89 bits per heavy atom. The van der Waals surface area contributed by atoms with Crippen LogP contribution in [-0.2, 0) is 0 Å². The van der Waals surface area contributed by atoms with Gasteiger partial charge < -0.3 is 15.1 Å². The van der Waals surface area contributed by atoms with Crippen LogP contribution in [0.5, 0.6) is 0 Å². The molecule has 3 rings (SSSR count). The summed E-state index contributed by atoms with van der Waals surface area (Å²) in [4.78, 5) is 25.3. The molecule has 6 nitrogen and oxygen atoms in total. The van der Waals surface area contributed by atoms with Crippen molar-refractivity contribution in [2.75, 3.05) is 29.9 Å². The summed E-state index contributed by atoms with van der Waals surface area (Å²) < 4.78 is 0. The zero-order valence-corrected chi connectivity index (χ0v) is 17.3. The summed E-state index contributed by atoms with van der Waals surface area (Å²) in [5, 5.41) is 4.06. The van der Waals surface area contributed by atoms with Crippen LogP contribution in [0.1, 0.15) is 13.8 Å². The van der Waals surface area contributed by atoms with Crippen LogP contribution in [0.15, 0.2) is 30.5 Å². The number of nitrogens with one attached hydrogen (secondary N) is 1. The Labute approximate surface area is 173 Å². The van der Waals surface area contributed by atoms with Crippen molar-refractivity contribution in [1.82, 2.24) is 14.9 Å². The minimum atomic E-state index is -0.227. The molecule has 1 fully saturated rings. The first-order valence-corrected chi connectivity index (χ1v) is 9.75. The molecule has 0 bridgehead atoms. The van der Waals surface area contributed by atoms with Crippen LogP contribution in [-0.4, -0.2) is 46.6 Å². The number of carbonyl (C=O) groups is 1. The van der Waals surface area contributed by atoms with Crippen LogP contribution in [0.2, 0.25) is 15.2 Å². The van der Waals surface area contributed by atoms with Crippen LogP contribution >= 0.6 is 34.8 Å². The molecule has 1 aliphatic rings. The van der Waals surface area contributed by atoms with Gasteiger partial charge >= 0.3 is 6.03 Å². The monoisotopic (exact) mass is 427 g/mol. The molecule has 9 heteroatoms. The maximum absolute atomic E-state index is 12.9. The Hall–Kier alpha value is -1.76. The van der Waals surface area contributed by atoms with Gasteiger partial charge in [-0.25, -0.2) is 14.8 Å². The largest absolute Gasteiger partial charge is 0.337 e. The van der Waals surface area contributed by atoms with Crippen LogP contribution in [0.25, 0.3) is 0 Å². The third-order valence-corrected chi connectivity index (χ3v) is 5.38. The van der Waals surface area contributed by atoms with E-state index in [4.69, 9.17) is 34.8 Å². The molecule has 1 atom stereocenters. The minimum absolute atomic E-state index is 0.0254. The minimum Gasteiger partial charge on any atom is -0.337 e. The van der Waals surface area contributed by atoms with Gasteiger partial charge in [0.05, 0.1) is 21.8 Å². The summed E-state index contributed by atoms with van der Waals surface area (Å²) in [5.74, 6) is 0.807. The standard InChI is InChI=1S/C18H20Cl3N5O/c1-11(2)14-10-25(17-22-7-6-15(21)23-17)8-9-26(14)18(27)24-16-12(19)4-3-5-13(16)20/h3-7,11,14H,8-10H2,1-2H3,(H,24,27). The molecule has 1 N–H and O–H groups in total. The first-order valence-electron chi connectivity index (χ1n) is 8.62. The van der Waals surface area contributed by atoms with Crippen molar-refractivity contribution in [3.63, 3.8) is 0 Å². The van der Waals surface area contributed by atoms with Gasteiger partial charge in [0, 0.05) is 25.8 Å². The number of nitrogens with zero attached hydrogens (tertiary/aromatic N) is 4. The van der Waals surface area contributed by atoms with Crippen molar-refractivity contribution < 1.29 is 4.79 Å². The van der Waals surface area contributed by atoms with Crippen molar-refractivity contribution in [1.29, 1.82) is 0 Å². The van der Waals surface area contributed by atoms with Gasteiger partial charge in [-0.15, -0.1) is 0 Å². The van der Waals surface area contributed by atoms with Gasteiger partial charge in [-0.3, -0.25) is 0 Å². The smallest absolute Gasteiger partial charge is 0.322 e. The Bertz CT molecular complexity index is 812. The first-order chi connectivity index (χ1) is 12.9. The zero-order valence-electron chi connectivity index (χ0n) is 15.0. The number of benzene rings is 1. The molecule has 0 spiro atoms. The number of carbonyl (C=O) groups excluding carboxylic acids is 1. The number of hydrogen-bond acceptors (Lipinski definition) is 4. The fourth-order valence-electron chi connectivity index (χ4n) is 3.09. The van der Waals surface area contributed by atoms with Gasteiger partial charge in [-0.1, -0.05) is 54.7 Å². The van der Waals surface area contributed by atoms with Crippen molar-refractivity contribution in [2.24, 2.45) is 5.92 Å². The summed E-state index contributed by atoms with van der Waals surface area (Å²) in [6.07, 6.45) is 1.63. The van der Waals surface area contributed by atoms with E-state index in [2.05, 4.69) is 29.1 Å². The molecule has 27 heavy (non-hydrogen) atoms. The normalized spacial score (nSPS) is 17.3. The van der Waals surface area contributed by atoms with E-state index in [1.807, 2.05) is 9.80 Å². The Morgan fingerprint density at radius 3 is 2.52 bits per heavy atom. The summed E-state index contributed by atoms with van der Waals surface area (Å²) in [6, 6.07) is 6.51. The first kappa shape index (κ1) is 20.0. The van der Waals surface area contributed by atoms with E-state index in [0.29, 0.717) is 46.5 Å². The molecule has 1 unspecified atom stereocenters. The van der Waals surface area contributed by atoms with Crippen LogP contribution in [0.3, 0.4) is 0 Å². The average Bonchev–Trinajstić information content (AvgIpc) is 2.64. The third-order valence-electron chi connectivity index (χ3n) is 4.54. The van der Waals surface area contributed by atoms with E-state index in [1.54, 1.807) is 30.5 Å². The second kappa shape index (κ2) is 8.50. The Morgan fingerprint density at radius 1 is 1.19 bits per heavy atom. The van der Waals surface area contributed by atoms with Gasteiger partial charge in [0.2, 0.25) is 5.95 Å². The second-order valence-electron chi connectivity index (χ2n) is 6.66. The Kier molecular flexibility index (Phi) is 6.29. The molecule has 2 aromatic rings. The molecule has 2 heterocycles. The highest BCUT2D eigenvalue weighted by molar-refractivity contribution is 6.39. The lowest BCUT2D eigenvalue weighted by molar-refractivity contribution is 0.156. The van der Waals surface area contributed by atoms with Gasteiger partial charge in [-0.05, 0) is 24.1 Å². The van der Waals surface area contributed by atoms with Crippen LogP contribution in [0, 0.1) is 5.92 Å². The zero-order chi connectivity index (χ0) is 19.6. The van der Waals surface area contributed by atoms with Gasteiger partial charge in [0.1, 0.15) is 5.15 Å². The van der Waals surface area contributed by atoms with E-state index in [9.17, 15) is 4.79 Å². The van der Waals surface area contributed by atoms with Crippen molar-refractivity contribution in [2.45, 2.75) is 19.9 Å². The number of urea groups is 1. The summed E-state index contributed by atoms with van der Waals surface area (Å²) in [6.45, 7) is 5.90. The number of aromatic nitrogens is 2. The lowest BCUT2D eigenvalue weighted by Gasteiger charge is -2.43. The maximum Gasteiger partial charge on any atom is 0.322 e.